The van der Waals surface area contributed by atoms with Crippen molar-refractivity contribution >= 4 is 61.0 Å². The molecule has 0 saturated carbocycles. The van der Waals surface area contributed by atoms with E-state index < -0.39 is 4.83 Å². The minimum absolute atomic E-state index is 0.209. The normalized spacial score (nSPS) is 14.1. The first-order valence-electron chi connectivity index (χ1n) is 3.92. The fraction of sp³-hybridized carbons (Fsp3) is 0.111. The van der Waals surface area contributed by atoms with Gasteiger partial charge in [-0.1, -0.05) is 18.2 Å². The Morgan fingerprint density at radius 2 is 1.75 bits per heavy atom. The van der Waals surface area contributed by atoms with Gasteiger partial charge in [-0.15, -0.1) is 0 Å². The van der Waals surface area contributed by atoms with Gasteiger partial charge in [0.2, 0.25) is 0 Å². The molecule has 0 saturated heterocycles. The topological polar surface area (TPSA) is 18.5 Å². The van der Waals surface area contributed by atoms with Gasteiger partial charge in [-0.25, -0.2) is 0 Å². The van der Waals surface area contributed by atoms with Crippen molar-refractivity contribution in [3.05, 3.63) is 34.2 Å². The summed E-state index contributed by atoms with van der Waals surface area (Å²) in [5, 5.41) is 0.661. The Kier molecular flexibility index (Phi) is 5.20. The van der Waals surface area contributed by atoms with Crippen LogP contribution in [0.4, 0.5) is 8.78 Å². The molecule has 2 nitrogen and oxygen atoms in total. The van der Waals surface area contributed by atoms with Gasteiger partial charge in [0.25, 0.3) is 0 Å². The van der Waals surface area contributed by atoms with Crippen LogP contribution in [0.3, 0.4) is 0 Å². The molecular formula is C9H5Br3F2O2. The zero-order valence-corrected chi connectivity index (χ0v) is 12.4. The zero-order valence-electron chi connectivity index (χ0n) is 7.59. The van der Waals surface area contributed by atoms with Gasteiger partial charge in [-0.2, -0.15) is 8.78 Å². The highest BCUT2D eigenvalue weighted by atomic mass is 79.9. The number of hydrogen-bond donors (Lipinski definition) is 0. The number of hydrogen-bond acceptors (Lipinski definition) is 2. The van der Waals surface area contributed by atoms with Crippen molar-refractivity contribution in [3.63, 3.8) is 0 Å². The van der Waals surface area contributed by atoms with Crippen molar-refractivity contribution in [1.82, 2.24) is 0 Å². The molecule has 0 aliphatic heterocycles. The first-order valence-corrected chi connectivity index (χ1v) is 6.01. The molecule has 1 aromatic rings. The van der Waals surface area contributed by atoms with Crippen LogP contribution in [0.5, 0.6) is 0 Å². The summed E-state index contributed by atoms with van der Waals surface area (Å²) in [7, 11) is 0. The van der Waals surface area contributed by atoms with E-state index in [9.17, 15) is 8.78 Å². The van der Waals surface area contributed by atoms with E-state index >= 15 is 0 Å². The number of halogens is 5. The van der Waals surface area contributed by atoms with Crippen LogP contribution in [0.1, 0.15) is 5.56 Å². The molecule has 0 bridgehead atoms. The Morgan fingerprint density at radius 3 is 2.25 bits per heavy atom. The molecule has 1 aromatic carbocycles. The van der Waals surface area contributed by atoms with Gasteiger partial charge in [0, 0.05) is 16.0 Å². The second-order valence-electron chi connectivity index (χ2n) is 2.72. The highest BCUT2D eigenvalue weighted by Crippen LogP contribution is 2.31. The maximum absolute atomic E-state index is 13.2. The van der Waals surface area contributed by atoms with Crippen molar-refractivity contribution < 1.29 is 16.4 Å². The summed E-state index contributed by atoms with van der Waals surface area (Å²) in [6, 6.07) is 4.40. The molecule has 1 rings (SSSR count). The molecule has 0 radical (unpaired) electrons. The monoisotopic (exact) mass is 420 g/mol. The third kappa shape index (κ3) is 3.43. The van der Waals surface area contributed by atoms with Crippen LogP contribution in [-0.4, -0.2) is 0 Å². The second kappa shape index (κ2) is 5.97. The molecule has 0 fully saturated rings. The smallest absolute Gasteiger partial charge is 0.327 e. The fourth-order valence-corrected chi connectivity index (χ4v) is 1.89. The van der Waals surface area contributed by atoms with Crippen molar-refractivity contribution in [3.8, 4) is 0 Å². The van der Waals surface area contributed by atoms with Crippen molar-refractivity contribution in [2.45, 2.75) is 4.83 Å². The lowest BCUT2D eigenvalue weighted by molar-refractivity contribution is 0.113. The second-order valence-corrected chi connectivity index (χ2v) is 4.46. The van der Waals surface area contributed by atoms with Crippen LogP contribution >= 0.6 is 48.4 Å². The highest BCUT2D eigenvalue weighted by molar-refractivity contribution is 9.09. The van der Waals surface area contributed by atoms with Crippen LogP contribution in [-0.2, 0) is 12.5 Å². The maximum atomic E-state index is 13.2. The van der Waals surface area contributed by atoms with E-state index in [0.717, 1.165) is 6.26 Å². The first-order chi connectivity index (χ1) is 7.50. The van der Waals surface area contributed by atoms with Gasteiger partial charge in [-0.3, -0.25) is 0 Å². The average Bonchev–Trinajstić information content (AvgIpc) is 2.19. The Labute approximate surface area is 116 Å². The summed E-state index contributed by atoms with van der Waals surface area (Å²) in [5.41, 5.74) is -0.217. The molecule has 0 spiro atoms. The lowest BCUT2D eigenvalue weighted by atomic mass is 10.1. The molecule has 0 unspecified atom stereocenters. The SMILES string of the molecule is FC(F)(Br)c1cccc(=COBr)c1=COBr. The summed E-state index contributed by atoms with van der Waals surface area (Å²) < 4.78 is 35.6. The van der Waals surface area contributed by atoms with E-state index in [1.54, 1.807) is 6.07 Å². The van der Waals surface area contributed by atoms with E-state index in [0.29, 0.717) is 5.22 Å². The molecule has 0 aliphatic carbocycles. The van der Waals surface area contributed by atoms with E-state index in [-0.39, 0.29) is 10.8 Å². The molecule has 0 N–H and O–H groups in total. The molecule has 0 heterocycles. The predicted octanol–water partition coefficient (Wildman–Crippen LogP) is 3.26. The van der Waals surface area contributed by atoms with Crippen LogP contribution in [0.2, 0.25) is 0 Å². The van der Waals surface area contributed by atoms with Crippen LogP contribution in [0.15, 0.2) is 18.2 Å². The highest BCUT2D eigenvalue weighted by Gasteiger charge is 2.28. The lowest BCUT2D eigenvalue weighted by Gasteiger charge is -2.09. The van der Waals surface area contributed by atoms with E-state index in [4.69, 9.17) is 0 Å². The molecule has 0 atom stereocenters. The number of rotatable bonds is 3. The Hall–Kier alpha value is -0.140. The van der Waals surface area contributed by atoms with E-state index in [1.165, 1.54) is 18.4 Å². The Balaban J connectivity index is 3.59. The molecule has 0 amide bonds. The van der Waals surface area contributed by atoms with E-state index in [2.05, 4.69) is 56.1 Å². The first kappa shape index (κ1) is 13.9. The summed E-state index contributed by atoms with van der Waals surface area (Å²) in [5.74, 6) is 0. The molecular weight excluding hydrogens is 418 g/mol. The molecule has 0 aliphatic rings. The Morgan fingerprint density at radius 1 is 1.12 bits per heavy atom. The predicted molar refractivity (Wildman–Crippen MR) is 67.5 cm³/mol. The fourth-order valence-electron chi connectivity index (χ4n) is 1.16. The molecule has 0 aromatic heterocycles. The standard InChI is InChI=1S/C9H5Br3F2O2/c10-9(13,14)8-3-1-2-6(4-15-11)7(8)5-16-12/h1-5H. The number of alkyl halides is 3. The van der Waals surface area contributed by atoms with Gasteiger partial charge in [0.1, 0.15) is 12.5 Å². The largest absolute Gasteiger partial charge is 0.425 e. The summed E-state index contributed by atoms with van der Waals surface area (Å²) in [4.78, 5) is -3.14. The van der Waals surface area contributed by atoms with Gasteiger partial charge in [-0.05, 0) is 15.9 Å². The third-order valence-electron chi connectivity index (χ3n) is 1.78. The number of benzene rings is 1. The summed E-state index contributed by atoms with van der Waals surface area (Å²) in [6.45, 7) is 0. The molecule has 88 valence electrons. The molecule has 7 heteroatoms. The van der Waals surface area contributed by atoms with Crippen molar-refractivity contribution in [2.75, 3.05) is 0 Å². The quantitative estimate of drug-likeness (QED) is 0.696. The molecule has 16 heavy (non-hydrogen) atoms. The van der Waals surface area contributed by atoms with E-state index in [1.807, 2.05) is 0 Å². The van der Waals surface area contributed by atoms with Gasteiger partial charge in [0.05, 0.1) is 0 Å². The third-order valence-corrected chi connectivity index (χ3v) is 2.58. The van der Waals surface area contributed by atoms with Crippen molar-refractivity contribution in [1.29, 1.82) is 0 Å². The average molecular weight is 423 g/mol. The van der Waals surface area contributed by atoms with Gasteiger partial charge >= 0.3 is 4.83 Å². The van der Waals surface area contributed by atoms with Gasteiger partial charge < -0.3 is 7.66 Å². The zero-order chi connectivity index (χ0) is 12.2. The van der Waals surface area contributed by atoms with Crippen LogP contribution < -0.4 is 10.4 Å². The Bertz CT molecular complexity index is 471. The minimum Gasteiger partial charge on any atom is -0.425 e. The van der Waals surface area contributed by atoms with Crippen LogP contribution in [0.25, 0.3) is 12.5 Å². The van der Waals surface area contributed by atoms with Crippen LogP contribution in [0, 0.1) is 0 Å². The minimum atomic E-state index is -3.14. The van der Waals surface area contributed by atoms with Crippen molar-refractivity contribution in [2.24, 2.45) is 0 Å². The summed E-state index contributed by atoms with van der Waals surface area (Å²) in [6.07, 6.45) is 2.43. The summed E-state index contributed by atoms with van der Waals surface area (Å²) >= 11 is 7.72. The maximum Gasteiger partial charge on any atom is 0.327 e. The lowest BCUT2D eigenvalue weighted by Crippen LogP contribution is -2.32. The van der Waals surface area contributed by atoms with Gasteiger partial charge in [0.15, 0.2) is 32.5 Å².